The van der Waals surface area contributed by atoms with E-state index in [9.17, 15) is 14.4 Å². The Balaban J connectivity index is 2.11. The second kappa shape index (κ2) is 9.87. The Labute approximate surface area is 175 Å². The largest absolute Gasteiger partial charge is 0.478 e. The Bertz CT molecular complexity index is 972. The van der Waals surface area contributed by atoms with Gasteiger partial charge in [0, 0.05) is 23.1 Å². The van der Waals surface area contributed by atoms with Gasteiger partial charge in [-0.15, -0.1) is 0 Å². The molecule has 1 aliphatic heterocycles. The van der Waals surface area contributed by atoms with Gasteiger partial charge in [0.15, 0.2) is 12.5 Å². The molecule has 0 saturated carbocycles. The van der Waals surface area contributed by atoms with E-state index in [4.69, 9.17) is 9.47 Å². The maximum atomic E-state index is 13.1. The topological polar surface area (TPSA) is 81.7 Å². The van der Waals surface area contributed by atoms with Crippen molar-refractivity contribution in [2.24, 2.45) is 0 Å². The predicted octanol–water partition coefficient (Wildman–Crippen LogP) is 4.42. The molecule has 0 fully saturated rings. The average molecular weight is 407 g/mol. The van der Waals surface area contributed by atoms with E-state index in [0.717, 1.165) is 12.0 Å². The van der Waals surface area contributed by atoms with Crippen molar-refractivity contribution < 1.29 is 23.9 Å². The lowest BCUT2D eigenvalue weighted by atomic mass is 9.90. The standard InChI is InChI=1S/C24H25NO5/c1-3-4-12-30-24(28)22-18(15-26)10-11-19(23(27)25-20-9-6-13-29-20)21(22)17-8-5-7-16(2)14-17/h5-8,10-11,13-15,20H,3-4,9,12H2,1-2H3,(H,25,27). The van der Waals surface area contributed by atoms with Gasteiger partial charge in [-0.25, -0.2) is 4.79 Å². The molecule has 0 spiro atoms. The fourth-order valence-corrected chi connectivity index (χ4v) is 3.31. The van der Waals surface area contributed by atoms with Gasteiger partial charge in [-0.05, 0) is 37.1 Å². The molecule has 1 unspecified atom stereocenters. The molecular weight excluding hydrogens is 382 g/mol. The lowest BCUT2D eigenvalue weighted by Crippen LogP contribution is -2.34. The van der Waals surface area contributed by atoms with Crippen molar-refractivity contribution in [1.82, 2.24) is 5.32 Å². The highest BCUT2D eigenvalue weighted by Gasteiger charge is 2.26. The summed E-state index contributed by atoms with van der Waals surface area (Å²) in [6.45, 7) is 4.16. The zero-order valence-corrected chi connectivity index (χ0v) is 17.1. The Kier molecular flexibility index (Phi) is 7.01. The second-order valence-electron chi connectivity index (χ2n) is 7.13. The summed E-state index contributed by atoms with van der Waals surface area (Å²) in [5, 5.41) is 2.81. The zero-order valence-electron chi connectivity index (χ0n) is 17.1. The van der Waals surface area contributed by atoms with Gasteiger partial charge in [-0.3, -0.25) is 9.59 Å². The molecule has 156 valence electrons. The van der Waals surface area contributed by atoms with Crippen LogP contribution in [0.25, 0.3) is 11.1 Å². The molecule has 1 N–H and O–H groups in total. The summed E-state index contributed by atoms with van der Waals surface area (Å²) in [4.78, 5) is 37.7. The lowest BCUT2D eigenvalue weighted by Gasteiger charge is -2.18. The van der Waals surface area contributed by atoms with Crippen molar-refractivity contribution in [2.75, 3.05) is 6.61 Å². The van der Waals surface area contributed by atoms with Crippen molar-refractivity contribution in [3.05, 3.63) is 71.0 Å². The number of rotatable bonds is 8. The van der Waals surface area contributed by atoms with E-state index in [1.807, 2.05) is 44.2 Å². The van der Waals surface area contributed by atoms with Gasteiger partial charge >= 0.3 is 5.97 Å². The molecule has 1 atom stereocenters. The summed E-state index contributed by atoms with van der Waals surface area (Å²) < 4.78 is 10.7. The van der Waals surface area contributed by atoms with Gasteiger partial charge in [0.1, 0.15) is 0 Å². The molecule has 2 aromatic carbocycles. The van der Waals surface area contributed by atoms with Crippen LogP contribution in [-0.2, 0) is 9.47 Å². The Morgan fingerprint density at radius 1 is 1.27 bits per heavy atom. The fourth-order valence-electron chi connectivity index (χ4n) is 3.31. The van der Waals surface area contributed by atoms with Crippen LogP contribution < -0.4 is 5.32 Å². The molecule has 0 bridgehead atoms. The minimum Gasteiger partial charge on any atom is -0.478 e. The predicted molar refractivity (Wildman–Crippen MR) is 113 cm³/mol. The van der Waals surface area contributed by atoms with Gasteiger partial charge in [-0.1, -0.05) is 43.2 Å². The Morgan fingerprint density at radius 3 is 2.77 bits per heavy atom. The average Bonchev–Trinajstić information content (AvgIpc) is 3.25. The van der Waals surface area contributed by atoms with Crippen LogP contribution in [0, 0.1) is 6.92 Å². The number of unbranched alkanes of at least 4 members (excludes halogenated alkanes) is 1. The molecule has 1 heterocycles. The van der Waals surface area contributed by atoms with Crippen LogP contribution >= 0.6 is 0 Å². The third kappa shape index (κ3) is 4.76. The monoisotopic (exact) mass is 407 g/mol. The van der Waals surface area contributed by atoms with Gasteiger partial charge in [0.2, 0.25) is 0 Å². The first kappa shape index (κ1) is 21.3. The van der Waals surface area contributed by atoms with Crippen molar-refractivity contribution in [3.63, 3.8) is 0 Å². The fraction of sp³-hybridized carbons (Fsp3) is 0.292. The number of hydrogen-bond donors (Lipinski definition) is 1. The number of benzene rings is 2. The van der Waals surface area contributed by atoms with E-state index < -0.39 is 12.2 Å². The Hall–Kier alpha value is -3.41. The van der Waals surface area contributed by atoms with E-state index >= 15 is 0 Å². The molecule has 0 radical (unpaired) electrons. The van der Waals surface area contributed by atoms with Gasteiger partial charge in [0.05, 0.1) is 18.4 Å². The molecule has 3 rings (SSSR count). The molecular formula is C24H25NO5. The summed E-state index contributed by atoms with van der Waals surface area (Å²) in [5.74, 6) is -1.00. The lowest BCUT2D eigenvalue weighted by molar-refractivity contribution is 0.0498. The molecule has 0 aliphatic carbocycles. The first-order valence-electron chi connectivity index (χ1n) is 10.0. The molecule has 1 aliphatic rings. The van der Waals surface area contributed by atoms with Gasteiger partial charge in [-0.2, -0.15) is 0 Å². The number of aryl methyl sites for hydroxylation is 1. The van der Waals surface area contributed by atoms with E-state index in [2.05, 4.69) is 5.32 Å². The third-order valence-electron chi connectivity index (χ3n) is 4.83. The minimum atomic E-state index is -0.615. The first-order valence-corrected chi connectivity index (χ1v) is 10.0. The Morgan fingerprint density at radius 2 is 2.10 bits per heavy atom. The van der Waals surface area contributed by atoms with Crippen molar-refractivity contribution in [2.45, 2.75) is 39.3 Å². The molecule has 0 saturated heterocycles. The van der Waals surface area contributed by atoms with Crippen LogP contribution in [0.2, 0.25) is 0 Å². The van der Waals surface area contributed by atoms with Gasteiger partial charge < -0.3 is 14.8 Å². The van der Waals surface area contributed by atoms with Crippen molar-refractivity contribution >= 4 is 18.2 Å². The quantitative estimate of drug-likeness (QED) is 0.398. The summed E-state index contributed by atoms with van der Waals surface area (Å²) in [5.41, 5.74) is 2.58. The number of amides is 1. The van der Waals surface area contributed by atoms with Crippen LogP contribution in [0.5, 0.6) is 0 Å². The highest BCUT2D eigenvalue weighted by molar-refractivity contribution is 6.11. The maximum absolute atomic E-state index is 13.1. The smallest absolute Gasteiger partial charge is 0.339 e. The second-order valence-corrected chi connectivity index (χ2v) is 7.13. The highest BCUT2D eigenvalue weighted by atomic mass is 16.5. The maximum Gasteiger partial charge on any atom is 0.339 e. The van der Waals surface area contributed by atoms with E-state index in [1.165, 1.54) is 6.07 Å². The first-order chi connectivity index (χ1) is 14.5. The molecule has 0 aromatic heterocycles. The molecule has 1 amide bonds. The van der Waals surface area contributed by atoms with Crippen molar-refractivity contribution in [1.29, 1.82) is 0 Å². The van der Waals surface area contributed by atoms with E-state index in [1.54, 1.807) is 12.3 Å². The number of aldehydes is 1. The van der Waals surface area contributed by atoms with E-state index in [-0.39, 0.29) is 29.2 Å². The number of carbonyl (C=O) groups is 3. The number of hydrogen-bond acceptors (Lipinski definition) is 5. The molecule has 2 aromatic rings. The molecule has 6 nitrogen and oxygen atoms in total. The number of carbonyl (C=O) groups excluding carboxylic acids is 3. The summed E-state index contributed by atoms with van der Waals surface area (Å²) in [7, 11) is 0. The molecule has 30 heavy (non-hydrogen) atoms. The van der Waals surface area contributed by atoms with Crippen LogP contribution in [0.15, 0.2) is 48.7 Å². The summed E-state index contributed by atoms with van der Waals surface area (Å²) in [6.07, 6.45) is 5.65. The zero-order chi connectivity index (χ0) is 21.5. The third-order valence-corrected chi connectivity index (χ3v) is 4.83. The van der Waals surface area contributed by atoms with Crippen LogP contribution in [0.1, 0.15) is 62.8 Å². The highest BCUT2D eigenvalue weighted by Crippen LogP contribution is 2.32. The summed E-state index contributed by atoms with van der Waals surface area (Å²) in [6, 6.07) is 10.5. The summed E-state index contributed by atoms with van der Waals surface area (Å²) >= 11 is 0. The van der Waals surface area contributed by atoms with Crippen molar-refractivity contribution in [3.8, 4) is 11.1 Å². The number of nitrogens with one attached hydrogen (secondary N) is 1. The van der Waals surface area contributed by atoms with Crippen LogP contribution in [0.4, 0.5) is 0 Å². The van der Waals surface area contributed by atoms with Crippen LogP contribution in [-0.4, -0.2) is 31.0 Å². The molecule has 6 heteroatoms. The normalized spacial score (nSPS) is 14.8. The van der Waals surface area contributed by atoms with Gasteiger partial charge in [0.25, 0.3) is 5.91 Å². The number of esters is 1. The number of ether oxygens (including phenoxy) is 2. The SMILES string of the molecule is CCCCOC(=O)c1c(C=O)ccc(C(=O)NC2CC=CO2)c1-c1cccc(C)c1. The van der Waals surface area contributed by atoms with E-state index in [0.29, 0.717) is 30.3 Å². The minimum absolute atomic E-state index is 0.102. The van der Waals surface area contributed by atoms with Crippen LogP contribution in [0.3, 0.4) is 0 Å².